The number of carbonyl (C=O) groups is 1. The van der Waals surface area contributed by atoms with Crippen molar-refractivity contribution < 1.29 is 28.4 Å². The van der Waals surface area contributed by atoms with Crippen LogP contribution in [-0.4, -0.2) is 47.8 Å². The minimum Gasteiger partial charge on any atom is -0.387 e. The molecular formula is C47H81N2O6P. The van der Waals surface area contributed by atoms with E-state index in [4.69, 9.17) is 14.8 Å². The van der Waals surface area contributed by atoms with Crippen LogP contribution in [0.3, 0.4) is 0 Å². The highest BCUT2D eigenvalue weighted by molar-refractivity contribution is 7.47. The van der Waals surface area contributed by atoms with Crippen LogP contribution in [0.25, 0.3) is 0 Å². The van der Waals surface area contributed by atoms with Crippen molar-refractivity contribution >= 4 is 13.7 Å². The Balaban J connectivity index is 4.35. The van der Waals surface area contributed by atoms with Crippen LogP contribution < -0.4 is 11.1 Å². The van der Waals surface area contributed by atoms with Crippen molar-refractivity contribution in [2.24, 2.45) is 5.73 Å². The summed E-state index contributed by atoms with van der Waals surface area (Å²) in [4.78, 5) is 22.7. The van der Waals surface area contributed by atoms with Gasteiger partial charge in [-0.05, 0) is 70.6 Å². The lowest BCUT2D eigenvalue weighted by molar-refractivity contribution is -0.122. The van der Waals surface area contributed by atoms with Gasteiger partial charge in [0.25, 0.3) is 0 Å². The Bertz CT molecular complexity index is 1190. The highest BCUT2D eigenvalue weighted by Crippen LogP contribution is 2.43. The summed E-state index contributed by atoms with van der Waals surface area (Å²) in [6, 6.07) is -0.897. The first-order valence-corrected chi connectivity index (χ1v) is 23.4. The van der Waals surface area contributed by atoms with Gasteiger partial charge in [-0.25, -0.2) is 4.57 Å². The minimum atomic E-state index is -4.36. The lowest BCUT2D eigenvalue weighted by Crippen LogP contribution is -2.45. The van der Waals surface area contributed by atoms with Crippen molar-refractivity contribution in [3.63, 3.8) is 0 Å². The van der Waals surface area contributed by atoms with Crippen LogP contribution in [0.15, 0.2) is 97.2 Å². The Hall–Kier alpha value is -2.58. The average Bonchev–Trinajstić information content (AvgIpc) is 3.19. The molecule has 0 aliphatic carbocycles. The van der Waals surface area contributed by atoms with Crippen LogP contribution >= 0.6 is 7.82 Å². The quantitative estimate of drug-likeness (QED) is 0.0276. The van der Waals surface area contributed by atoms with Crippen molar-refractivity contribution in [3.05, 3.63) is 97.2 Å². The Morgan fingerprint density at radius 2 is 1.04 bits per heavy atom. The maximum absolute atomic E-state index is 12.7. The molecule has 320 valence electrons. The summed E-state index contributed by atoms with van der Waals surface area (Å²) in [5, 5.41) is 13.6. The number of aliphatic hydroxyl groups is 1. The minimum absolute atomic E-state index is 0.0639. The number of hydrogen-bond donors (Lipinski definition) is 4. The van der Waals surface area contributed by atoms with Gasteiger partial charge in [0.2, 0.25) is 5.91 Å². The molecule has 0 heterocycles. The molecule has 0 radical (unpaired) electrons. The Morgan fingerprint density at radius 3 is 1.50 bits per heavy atom. The third kappa shape index (κ3) is 39.6. The van der Waals surface area contributed by atoms with Gasteiger partial charge < -0.3 is 21.1 Å². The Kier molecular flexibility index (Phi) is 40.1. The fraction of sp³-hybridized carbons (Fsp3) is 0.638. The second-order valence-electron chi connectivity index (χ2n) is 14.2. The first-order chi connectivity index (χ1) is 27.4. The summed E-state index contributed by atoms with van der Waals surface area (Å²) in [5.74, 6) is -0.256. The number of phosphoric ester groups is 1. The number of nitrogens with one attached hydrogen (secondary N) is 1. The van der Waals surface area contributed by atoms with E-state index in [1.165, 1.54) is 64.2 Å². The third-order valence-corrected chi connectivity index (χ3v) is 9.90. The Morgan fingerprint density at radius 1 is 0.607 bits per heavy atom. The lowest BCUT2D eigenvalue weighted by atomic mass is 10.0. The summed E-state index contributed by atoms with van der Waals surface area (Å²) in [6.45, 7) is 3.95. The fourth-order valence-corrected chi connectivity index (χ4v) is 6.41. The molecule has 0 aromatic heterocycles. The molecule has 3 atom stereocenters. The number of unbranched alkanes of at least 4 members (excludes halogenated alkanes) is 13. The maximum atomic E-state index is 12.7. The molecule has 0 aromatic rings. The molecule has 0 aliphatic rings. The number of phosphoric acid groups is 1. The second kappa shape index (κ2) is 42.0. The molecule has 3 unspecified atom stereocenters. The lowest BCUT2D eigenvalue weighted by Gasteiger charge is -2.23. The number of nitrogens with two attached hydrogens (primary N) is 1. The molecule has 8 nitrogen and oxygen atoms in total. The van der Waals surface area contributed by atoms with Gasteiger partial charge in [0, 0.05) is 13.0 Å². The van der Waals surface area contributed by atoms with E-state index in [2.05, 4.69) is 104 Å². The van der Waals surface area contributed by atoms with E-state index >= 15 is 0 Å². The number of allylic oxidation sites excluding steroid dienone is 15. The monoisotopic (exact) mass is 801 g/mol. The summed E-state index contributed by atoms with van der Waals surface area (Å²) in [5.41, 5.74) is 5.37. The summed E-state index contributed by atoms with van der Waals surface area (Å²) in [7, 11) is -4.36. The van der Waals surface area contributed by atoms with Gasteiger partial charge in [0.05, 0.1) is 25.4 Å². The topological polar surface area (TPSA) is 131 Å². The van der Waals surface area contributed by atoms with Crippen LogP contribution in [0.4, 0.5) is 0 Å². The molecule has 5 N–H and O–H groups in total. The van der Waals surface area contributed by atoms with Gasteiger partial charge in [-0.2, -0.15) is 0 Å². The zero-order chi connectivity index (χ0) is 41.1. The number of hydrogen-bond acceptors (Lipinski definition) is 6. The van der Waals surface area contributed by atoms with Crippen LogP contribution in [0.5, 0.6) is 0 Å². The largest absolute Gasteiger partial charge is 0.472 e. The normalized spacial score (nSPS) is 15.0. The van der Waals surface area contributed by atoms with Crippen LogP contribution in [0.1, 0.15) is 162 Å². The fourth-order valence-electron chi connectivity index (χ4n) is 5.65. The van der Waals surface area contributed by atoms with E-state index in [0.717, 1.165) is 70.6 Å². The van der Waals surface area contributed by atoms with Crippen LogP contribution in [0.2, 0.25) is 0 Å². The summed E-state index contributed by atoms with van der Waals surface area (Å²) in [6.07, 6.45) is 57.5. The number of rotatable bonds is 39. The number of amides is 1. The molecule has 0 spiro atoms. The molecule has 0 saturated carbocycles. The second-order valence-corrected chi connectivity index (χ2v) is 15.6. The SMILES string of the molecule is CC/C=C\C/C=C\C/C=C\C/C=C\C/C=C\C/C=C\C/C=C\CCCC(=O)NC(COP(=O)(O)OCCN)C(O)/C=C/CCCCCCCCCCCCCC. The van der Waals surface area contributed by atoms with Crippen molar-refractivity contribution in [3.8, 4) is 0 Å². The molecule has 56 heavy (non-hydrogen) atoms. The molecule has 0 aromatic carbocycles. The van der Waals surface area contributed by atoms with Gasteiger partial charge >= 0.3 is 7.82 Å². The zero-order valence-corrected chi connectivity index (χ0v) is 36.2. The van der Waals surface area contributed by atoms with Crippen molar-refractivity contribution in [1.29, 1.82) is 0 Å². The first kappa shape index (κ1) is 53.4. The van der Waals surface area contributed by atoms with Gasteiger partial charge in [-0.3, -0.25) is 13.8 Å². The average molecular weight is 801 g/mol. The van der Waals surface area contributed by atoms with Gasteiger partial charge in [0.15, 0.2) is 0 Å². The highest BCUT2D eigenvalue weighted by Gasteiger charge is 2.26. The van der Waals surface area contributed by atoms with Gasteiger partial charge in [-0.15, -0.1) is 0 Å². The summed E-state index contributed by atoms with van der Waals surface area (Å²) < 4.78 is 22.1. The zero-order valence-electron chi connectivity index (χ0n) is 35.3. The standard InChI is InChI=1S/C47H81N2O6P/c1-3-5-7-9-11-13-15-17-19-20-21-22-23-24-25-26-27-29-31-33-35-37-39-41-47(51)49-45(44-55-56(52,53)54-43-42-48)46(50)40-38-36-34-32-30-28-18-16-14-12-10-8-6-4-2/h5,7,11,13,17,19,21-22,24-25,27,29,33,35,38,40,45-46,50H,3-4,6,8-10,12,14-16,18,20,23,26,28,30-32,34,36-37,39,41-44,48H2,1-2H3,(H,49,51)(H,52,53)/b7-5-,13-11-,19-17-,22-21-,25-24-,29-27-,35-33-,40-38+. The molecule has 0 fully saturated rings. The number of carbonyl (C=O) groups excluding carboxylic acids is 1. The molecule has 9 heteroatoms. The van der Waals surface area contributed by atoms with E-state index in [1.54, 1.807) is 6.08 Å². The first-order valence-electron chi connectivity index (χ1n) is 21.9. The maximum Gasteiger partial charge on any atom is 0.472 e. The smallest absolute Gasteiger partial charge is 0.387 e. The molecule has 0 saturated heterocycles. The van der Waals surface area contributed by atoms with E-state index in [1.807, 2.05) is 6.08 Å². The van der Waals surface area contributed by atoms with E-state index in [-0.39, 0.29) is 32.1 Å². The van der Waals surface area contributed by atoms with Crippen molar-refractivity contribution in [2.45, 2.75) is 174 Å². The Labute approximate surface area is 342 Å². The van der Waals surface area contributed by atoms with Crippen LogP contribution in [0, 0.1) is 0 Å². The number of aliphatic hydroxyl groups excluding tert-OH is 1. The van der Waals surface area contributed by atoms with Crippen molar-refractivity contribution in [2.75, 3.05) is 19.8 Å². The summed E-state index contributed by atoms with van der Waals surface area (Å²) >= 11 is 0. The van der Waals surface area contributed by atoms with Crippen LogP contribution in [-0.2, 0) is 18.4 Å². The molecule has 0 aliphatic heterocycles. The molecular weight excluding hydrogens is 719 g/mol. The van der Waals surface area contributed by atoms with Gasteiger partial charge in [-0.1, -0.05) is 182 Å². The molecule has 0 bridgehead atoms. The van der Waals surface area contributed by atoms with Crippen molar-refractivity contribution in [1.82, 2.24) is 5.32 Å². The molecule has 0 rings (SSSR count). The predicted molar refractivity (Wildman–Crippen MR) is 239 cm³/mol. The van der Waals surface area contributed by atoms with E-state index in [0.29, 0.717) is 6.42 Å². The predicted octanol–water partition coefficient (Wildman–Crippen LogP) is 12.4. The highest BCUT2D eigenvalue weighted by atomic mass is 31.2. The van der Waals surface area contributed by atoms with Gasteiger partial charge in [0.1, 0.15) is 0 Å². The molecule has 1 amide bonds. The van der Waals surface area contributed by atoms with E-state index < -0.39 is 20.0 Å². The third-order valence-electron chi connectivity index (χ3n) is 8.92. The van der Waals surface area contributed by atoms with E-state index in [9.17, 15) is 19.4 Å².